The van der Waals surface area contributed by atoms with Gasteiger partial charge in [0.2, 0.25) is 0 Å². The van der Waals surface area contributed by atoms with Crippen molar-refractivity contribution in [2.45, 2.75) is 65.1 Å². The number of benzene rings is 1. The van der Waals surface area contributed by atoms with E-state index < -0.39 is 0 Å². The van der Waals surface area contributed by atoms with Crippen LogP contribution in [0.1, 0.15) is 52.9 Å². The summed E-state index contributed by atoms with van der Waals surface area (Å²) in [5, 5.41) is 1.37. The highest BCUT2D eigenvalue weighted by atomic mass is 35.5. The van der Waals surface area contributed by atoms with Crippen molar-refractivity contribution in [3.05, 3.63) is 28.2 Å². The Labute approximate surface area is 178 Å². The number of hydrogen-bond acceptors (Lipinski definition) is 4. The van der Waals surface area contributed by atoms with Gasteiger partial charge in [0, 0.05) is 24.2 Å². The molecule has 2 saturated heterocycles. The topological polar surface area (TPSA) is 31.2 Å². The first-order valence-electron chi connectivity index (χ1n) is 10.6. The summed E-state index contributed by atoms with van der Waals surface area (Å²) in [4.78, 5) is 15.0. The van der Waals surface area contributed by atoms with Gasteiger partial charge in [-0.3, -0.25) is 0 Å². The van der Waals surface area contributed by atoms with Crippen molar-refractivity contribution in [1.29, 1.82) is 0 Å². The van der Waals surface area contributed by atoms with Gasteiger partial charge >= 0.3 is 0 Å². The molecule has 1 aromatic rings. The molecule has 0 radical (unpaired) electrons. The second-order valence-corrected chi connectivity index (χ2v) is 9.15. The van der Waals surface area contributed by atoms with Gasteiger partial charge < -0.3 is 9.80 Å². The molecule has 2 unspecified atom stereocenters. The summed E-state index contributed by atoms with van der Waals surface area (Å²) in [7, 11) is 0. The van der Waals surface area contributed by atoms with E-state index in [9.17, 15) is 0 Å². The van der Waals surface area contributed by atoms with Crippen LogP contribution in [-0.2, 0) is 0 Å². The molecule has 4 rings (SSSR count). The zero-order chi connectivity index (χ0) is 19.8. The molecule has 1 aromatic carbocycles. The molecule has 0 saturated carbocycles. The van der Waals surface area contributed by atoms with Crippen LogP contribution in [0.5, 0.6) is 0 Å². The summed E-state index contributed by atoms with van der Waals surface area (Å²) in [5.41, 5.74) is 1.03. The Balaban J connectivity index is 1.67. The number of rotatable bonds is 6. The monoisotopic (exact) mass is 420 g/mol. The van der Waals surface area contributed by atoms with Crippen LogP contribution in [0.2, 0.25) is 10.0 Å². The maximum Gasteiger partial charge on any atom is 0.133 e. The highest BCUT2D eigenvalue weighted by Crippen LogP contribution is 2.44. The van der Waals surface area contributed by atoms with Crippen molar-refractivity contribution < 1.29 is 0 Å². The van der Waals surface area contributed by atoms with Gasteiger partial charge in [-0.1, -0.05) is 49.9 Å². The molecule has 3 aliphatic heterocycles. The van der Waals surface area contributed by atoms with Gasteiger partial charge in [0.25, 0.3) is 0 Å². The van der Waals surface area contributed by atoms with Gasteiger partial charge in [0.15, 0.2) is 0 Å². The average molecular weight is 421 g/mol. The Kier molecular flexibility index (Phi) is 5.89. The normalized spacial score (nSPS) is 26.4. The molecule has 0 N–H and O–H groups in total. The lowest BCUT2D eigenvalue weighted by atomic mass is 9.84. The van der Waals surface area contributed by atoms with Crippen molar-refractivity contribution in [1.82, 2.24) is 4.90 Å². The number of aliphatic imine (C=N–C) groups is 2. The lowest BCUT2D eigenvalue weighted by molar-refractivity contribution is 0.253. The average Bonchev–Trinajstić information content (AvgIpc) is 3.02. The second-order valence-electron chi connectivity index (χ2n) is 8.31. The molecular formula is C22H30Cl2N4. The molecule has 0 amide bonds. The fourth-order valence-electron chi connectivity index (χ4n) is 5.25. The standard InChI is InChI=1S/C22H30Cl2N4/c1-4-6-17(7-5-2)28-13-15-10-11-27(19-9-8-16(23)12-18(19)24)21-20(15)22(28)26-14(3)25-21/h8-9,12,15,17,20-21H,4-7,10-11,13H2,1-3H3/t15-,20?,21?/m1/s1. The van der Waals surface area contributed by atoms with E-state index in [-0.39, 0.29) is 6.17 Å². The number of likely N-dealkylation sites (tertiary alicyclic amines) is 1. The molecule has 152 valence electrons. The molecule has 0 aromatic heterocycles. The maximum absolute atomic E-state index is 6.57. The lowest BCUT2D eigenvalue weighted by Crippen LogP contribution is -2.52. The molecule has 28 heavy (non-hydrogen) atoms. The summed E-state index contributed by atoms with van der Waals surface area (Å²) in [6.45, 7) is 8.69. The van der Waals surface area contributed by atoms with Gasteiger partial charge in [0.1, 0.15) is 17.8 Å². The summed E-state index contributed by atoms with van der Waals surface area (Å²) < 4.78 is 0. The quantitative estimate of drug-likeness (QED) is 0.575. The third-order valence-electron chi connectivity index (χ3n) is 6.41. The van der Waals surface area contributed by atoms with Gasteiger partial charge in [0.05, 0.1) is 16.6 Å². The van der Waals surface area contributed by atoms with Crippen LogP contribution in [0.25, 0.3) is 0 Å². The zero-order valence-electron chi connectivity index (χ0n) is 17.0. The van der Waals surface area contributed by atoms with Crippen LogP contribution in [0, 0.1) is 11.8 Å². The van der Waals surface area contributed by atoms with Crippen LogP contribution in [-0.4, -0.2) is 41.9 Å². The lowest BCUT2D eigenvalue weighted by Gasteiger charge is -2.43. The summed E-state index contributed by atoms with van der Waals surface area (Å²) in [6, 6.07) is 6.38. The number of hydrogen-bond donors (Lipinski definition) is 0. The van der Waals surface area contributed by atoms with E-state index >= 15 is 0 Å². The first-order valence-corrected chi connectivity index (χ1v) is 11.4. The minimum Gasteiger partial charge on any atom is -0.356 e. The molecule has 0 aliphatic carbocycles. The van der Waals surface area contributed by atoms with Crippen molar-refractivity contribution in [3.8, 4) is 0 Å². The summed E-state index contributed by atoms with van der Waals surface area (Å²) in [5.74, 6) is 3.13. The van der Waals surface area contributed by atoms with Crippen molar-refractivity contribution in [2.24, 2.45) is 21.8 Å². The Morgan fingerprint density at radius 2 is 1.93 bits per heavy atom. The van der Waals surface area contributed by atoms with Gasteiger partial charge in [-0.2, -0.15) is 0 Å². The van der Waals surface area contributed by atoms with Crippen molar-refractivity contribution in [3.63, 3.8) is 0 Å². The van der Waals surface area contributed by atoms with Crippen molar-refractivity contribution in [2.75, 3.05) is 18.0 Å². The number of piperidine rings is 1. The number of nitrogens with zero attached hydrogens (tertiary/aromatic N) is 4. The smallest absolute Gasteiger partial charge is 0.133 e. The number of anilines is 1. The predicted molar refractivity (Wildman–Crippen MR) is 120 cm³/mol. The molecule has 0 bridgehead atoms. The maximum atomic E-state index is 6.57. The van der Waals surface area contributed by atoms with Gasteiger partial charge in [-0.05, 0) is 50.3 Å². The first-order chi connectivity index (χ1) is 13.5. The van der Waals surface area contributed by atoms with Crippen LogP contribution in [0.15, 0.2) is 28.2 Å². The molecule has 2 fully saturated rings. The van der Waals surface area contributed by atoms with Crippen LogP contribution in [0.4, 0.5) is 5.69 Å². The Morgan fingerprint density at radius 3 is 2.61 bits per heavy atom. The number of amidine groups is 2. The van der Waals surface area contributed by atoms with E-state index in [1.807, 2.05) is 25.1 Å². The fraction of sp³-hybridized carbons (Fsp3) is 0.636. The molecule has 0 spiro atoms. The molecule has 3 atom stereocenters. The van der Waals surface area contributed by atoms with Crippen molar-refractivity contribution >= 4 is 40.6 Å². The predicted octanol–water partition coefficient (Wildman–Crippen LogP) is 5.88. The van der Waals surface area contributed by atoms with E-state index in [4.69, 9.17) is 33.2 Å². The Hall–Kier alpha value is -1.26. The van der Waals surface area contributed by atoms with Crippen LogP contribution >= 0.6 is 23.2 Å². The van der Waals surface area contributed by atoms with Crippen LogP contribution < -0.4 is 4.90 Å². The molecular weight excluding hydrogens is 391 g/mol. The highest BCUT2D eigenvalue weighted by molar-refractivity contribution is 6.36. The fourth-order valence-corrected chi connectivity index (χ4v) is 5.77. The highest BCUT2D eigenvalue weighted by Gasteiger charge is 2.50. The van der Waals surface area contributed by atoms with E-state index in [0.717, 1.165) is 31.0 Å². The van der Waals surface area contributed by atoms with Crippen LogP contribution in [0.3, 0.4) is 0 Å². The third-order valence-corrected chi connectivity index (χ3v) is 6.95. The van der Waals surface area contributed by atoms with Gasteiger partial charge in [-0.15, -0.1) is 0 Å². The number of halogens is 2. The third kappa shape index (κ3) is 3.54. The van der Waals surface area contributed by atoms with E-state index in [0.29, 0.717) is 27.9 Å². The van der Waals surface area contributed by atoms with E-state index in [1.165, 1.54) is 31.5 Å². The molecule has 3 heterocycles. The minimum atomic E-state index is 0.0822. The molecule has 3 aliphatic rings. The molecule has 4 nitrogen and oxygen atoms in total. The zero-order valence-corrected chi connectivity index (χ0v) is 18.5. The van der Waals surface area contributed by atoms with Gasteiger partial charge in [-0.25, -0.2) is 9.98 Å². The van der Waals surface area contributed by atoms with E-state index in [2.05, 4.69) is 23.6 Å². The Morgan fingerprint density at radius 1 is 1.18 bits per heavy atom. The summed E-state index contributed by atoms with van der Waals surface area (Å²) >= 11 is 12.7. The largest absolute Gasteiger partial charge is 0.356 e. The minimum absolute atomic E-state index is 0.0822. The Bertz CT molecular complexity index is 785. The first kappa shape index (κ1) is 20.0. The molecule has 6 heteroatoms. The summed E-state index contributed by atoms with van der Waals surface area (Å²) in [6.07, 6.45) is 6.13. The SMILES string of the molecule is CCCC(CCC)N1C[C@H]2CCN(c3ccc(Cl)cc3Cl)C3N=C(C)N=C1C32. The van der Waals surface area contributed by atoms with E-state index in [1.54, 1.807) is 0 Å². The second kappa shape index (κ2) is 8.23.